The van der Waals surface area contributed by atoms with Crippen LogP contribution in [-0.2, 0) is 22.8 Å². The molecule has 5 nitrogen and oxygen atoms in total. The summed E-state index contributed by atoms with van der Waals surface area (Å²) in [6.07, 6.45) is 2.98. The molecule has 0 radical (unpaired) electrons. The van der Waals surface area contributed by atoms with E-state index in [4.69, 9.17) is 22.8 Å². The molecule has 0 amide bonds. The number of rotatable bonds is 8. The molecule has 6 heteroatoms. The fraction of sp³-hybridized carbons (Fsp3) is 0.800. The molecule has 1 aliphatic heterocycles. The van der Waals surface area contributed by atoms with Crippen molar-refractivity contribution in [2.75, 3.05) is 34.5 Å². The third kappa shape index (κ3) is 3.29. The second-order valence-electron chi connectivity index (χ2n) is 3.41. The maximum absolute atomic E-state index is 5.67. The number of hydrogen-bond acceptors (Lipinski definition) is 5. The molecular weight excluding hydrogens is 228 g/mol. The summed E-state index contributed by atoms with van der Waals surface area (Å²) in [7, 11) is 1.88. The van der Waals surface area contributed by atoms with E-state index < -0.39 is 8.80 Å². The fourth-order valence-electron chi connectivity index (χ4n) is 1.36. The minimum Gasteiger partial charge on any atom is -0.492 e. The van der Waals surface area contributed by atoms with Gasteiger partial charge < -0.3 is 22.8 Å². The molecule has 94 valence electrons. The van der Waals surface area contributed by atoms with E-state index in [9.17, 15) is 0 Å². The van der Waals surface area contributed by atoms with Gasteiger partial charge in [-0.05, 0) is 12.5 Å². The summed E-state index contributed by atoms with van der Waals surface area (Å²) in [4.78, 5) is 0. The number of allylic oxidation sites excluding steroid dienone is 1. The molecule has 1 saturated heterocycles. The van der Waals surface area contributed by atoms with Crippen LogP contribution in [0.25, 0.3) is 0 Å². The van der Waals surface area contributed by atoms with Gasteiger partial charge in [0, 0.05) is 21.3 Å². The summed E-state index contributed by atoms with van der Waals surface area (Å²) in [5.74, 6) is 0. The van der Waals surface area contributed by atoms with Crippen molar-refractivity contribution in [2.45, 2.75) is 19.4 Å². The lowest BCUT2D eigenvalue weighted by Crippen LogP contribution is -2.46. The van der Waals surface area contributed by atoms with Gasteiger partial charge in [-0.15, -0.1) is 0 Å². The highest BCUT2D eigenvalue weighted by molar-refractivity contribution is 6.68. The van der Waals surface area contributed by atoms with Gasteiger partial charge in [0.1, 0.15) is 12.7 Å². The Kier molecular flexibility index (Phi) is 5.43. The van der Waals surface area contributed by atoms with E-state index in [0.29, 0.717) is 12.0 Å². The van der Waals surface area contributed by atoms with Crippen molar-refractivity contribution in [2.24, 2.45) is 0 Å². The van der Waals surface area contributed by atoms with Crippen molar-refractivity contribution in [1.82, 2.24) is 0 Å². The summed E-state index contributed by atoms with van der Waals surface area (Å²) in [5, 5.41) is 0.665. The first kappa shape index (κ1) is 13.7. The van der Waals surface area contributed by atoms with E-state index in [0.717, 1.165) is 13.0 Å². The van der Waals surface area contributed by atoms with Gasteiger partial charge in [-0.3, -0.25) is 0 Å². The van der Waals surface area contributed by atoms with E-state index in [1.54, 1.807) is 21.3 Å². The van der Waals surface area contributed by atoms with Crippen LogP contribution in [0.2, 0.25) is 0 Å². The summed E-state index contributed by atoms with van der Waals surface area (Å²) >= 11 is 0. The molecule has 0 aromatic carbocycles. The highest BCUT2D eigenvalue weighted by Gasteiger charge is 2.45. The van der Waals surface area contributed by atoms with Crippen LogP contribution in [0.3, 0.4) is 0 Å². The summed E-state index contributed by atoms with van der Waals surface area (Å²) in [6.45, 7) is 3.31. The number of epoxide rings is 1. The van der Waals surface area contributed by atoms with Crippen LogP contribution >= 0.6 is 0 Å². The molecule has 0 aliphatic carbocycles. The predicted molar refractivity (Wildman–Crippen MR) is 60.8 cm³/mol. The van der Waals surface area contributed by atoms with E-state index in [-0.39, 0.29) is 6.10 Å². The van der Waals surface area contributed by atoms with Crippen molar-refractivity contribution in [3.05, 3.63) is 11.5 Å². The Morgan fingerprint density at radius 2 is 1.88 bits per heavy atom. The first-order chi connectivity index (χ1) is 7.72. The molecular formula is C10H20O5Si. The lowest BCUT2D eigenvalue weighted by atomic mass is 10.5. The van der Waals surface area contributed by atoms with Crippen LogP contribution in [0, 0.1) is 0 Å². The zero-order chi connectivity index (χ0) is 12.0. The van der Waals surface area contributed by atoms with Gasteiger partial charge >= 0.3 is 8.80 Å². The largest absolute Gasteiger partial charge is 0.572 e. The third-order valence-electron chi connectivity index (χ3n) is 2.32. The van der Waals surface area contributed by atoms with Gasteiger partial charge in [0.05, 0.1) is 6.61 Å². The Bertz CT molecular complexity index is 227. The van der Waals surface area contributed by atoms with E-state index >= 15 is 0 Å². The number of ether oxygens (including phenoxy) is 2. The Labute approximate surface area is 97.6 Å². The van der Waals surface area contributed by atoms with Crippen LogP contribution in [0.1, 0.15) is 13.3 Å². The minimum atomic E-state index is -2.82. The second-order valence-corrected chi connectivity index (χ2v) is 6.24. The fourth-order valence-corrected chi connectivity index (χ4v) is 3.17. The molecule has 0 saturated carbocycles. The molecule has 0 spiro atoms. The smallest absolute Gasteiger partial charge is 0.492 e. The van der Waals surface area contributed by atoms with Gasteiger partial charge in [0.25, 0.3) is 0 Å². The first-order valence-electron chi connectivity index (χ1n) is 5.32. The van der Waals surface area contributed by atoms with Crippen molar-refractivity contribution in [3.63, 3.8) is 0 Å². The molecule has 1 atom stereocenters. The monoisotopic (exact) mass is 248 g/mol. The van der Waals surface area contributed by atoms with Gasteiger partial charge in [-0.2, -0.15) is 0 Å². The van der Waals surface area contributed by atoms with Crippen LogP contribution < -0.4 is 0 Å². The van der Waals surface area contributed by atoms with Crippen molar-refractivity contribution in [1.29, 1.82) is 0 Å². The molecule has 1 aliphatic rings. The predicted octanol–water partition coefficient (Wildman–Crippen LogP) is 1.11. The average molecular weight is 248 g/mol. The number of hydrogen-bond donors (Lipinski definition) is 0. The summed E-state index contributed by atoms with van der Waals surface area (Å²) in [5.41, 5.74) is 0. The second kappa shape index (κ2) is 6.36. The molecule has 0 aromatic rings. The van der Waals surface area contributed by atoms with E-state index in [1.807, 2.05) is 13.0 Å². The topological polar surface area (TPSA) is 49.5 Å². The van der Waals surface area contributed by atoms with Crippen LogP contribution in [0.4, 0.5) is 0 Å². The Morgan fingerprint density at radius 1 is 1.31 bits per heavy atom. The highest BCUT2D eigenvalue weighted by Crippen LogP contribution is 2.21. The lowest BCUT2D eigenvalue weighted by Gasteiger charge is -2.26. The van der Waals surface area contributed by atoms with Crippen molar-refractivity contribution in [3.8, 4) is 0 Å². The van der Waals surface area contributed by atoms with E-state index in [2.05, 4.69) is 0 Å². The minimum absolute atomic E-state index is 0.206. The quantitative estimate of drug-likeness (QED) is 0.366. The lowest BCUT2D eigenvalue weighted by molar-refractivity contribution is 0.0938. The molecule has 1 unspecified atom stereocenters. The molecule has 1 heterocycles. The molecule has 0 N–H and O–H groups in total. The maximum Gasteiger partial charge on any atom is 0.572 e. The van der Waals surface area contributed by atoms with Gasteiger partial charge in [0.2, 0.25) is 0 Å². The average Bonchev–Trinajstić information content (AvgIpc) is 3.12. The summed E-state index contributed by atoms with van der Waals surface area (Å²) < 4.78 is 26.9. The molecule has 0 aromatic heterocycles. The SMILES string of the molecule is CC/C=C(/OCC1CO1)[Si](OC)(OC)OC. The van der Waals surface area contributed by atoms with Gasteiger partial charge in [-0.25, -0.2) is 0 Å². The molecule has 0 bridgehead atoms. The van der Waals surface area contributed by atoms with Crippen molar-refractivity contribution >= 4 is 8.80 Å². The Hall–Kier alpha value is -0.403. The Balaban J connectivity index is 2.67. The highest BCUT2D eigenvalue weighted by atomic mass is 28.4. The third-order valence-corrected chi connectivity index (χ3v) is 4.89. The Morgan fingerprint density at radius 3 is 2.25 bits per heavy atom. The van der Waals surface area contributed by atoms with Crippen LogP contribution in [0.5, 0.6) is 0 Å². The van der Waals surface area contributed by atoms with Gasteiger partial charge in [0.15, 0.2) is 5.38 Å². The maximum atomic E-state index is 5.67. The molecule has 1 rings (SSSR count). The first-order valence-corrected chi connectivity index (χ1v) is 7.05. The van der Waals surface area contributed by atoms with Crippen molar-refractivity contribution < 1.29 is 22.8 Å². The van der Waals surface area contributed by atoms with Crippen LogP contribution in [-0.4, -0.2) is 49.5 Å². The summed E-state index contributed by atoms with van der Waals surface area (Å²) in [6, 6.07) is 0. The molecule has 16 heavy (non-hydrogen) atoms. The van der Waals surface area contributed by atoms with Gasteiger partial charge in [-0.1, -0.05) is 6.92 Å². The normalized spacial score (nSPS) is 21.0. The van der Waals surface area contributed by atoms with Crippen LogP contribution in [0.15, 0.2) is 11.5 Å². The molecule has 1 fully saturated rings. The van der Waals surface area contributed by atoms with E-state index in [1.165, 1.54) is 0 Å². The standard InChI is InChI=1S/C10H20O5Si/c1-5-6-10(15-8-9-7-14-9)16(11-2,12-3)13-4/h6,9H,5,7-8H2,1-4H3/b10-6-. The zero-order valence-corrected chi connectivity index (χ0v) is 11.3. The zero-order valence-electron chi connectivity index (χ0n) is 10.3.